The maximum Gasteiger partial charge on any atom is 0.233 e. The summed E-state index contributed by atoms with van der Waals surface area (Å²) >= 11 is 10.9. The van der Waals surface area contributed by atoms with Crippen molar-refractivity contribution in [1.29, 1.82) is 0 Å². The minimum absolute atomic E-state index is 0.284. The van der Waals surface area contributed by atoms with Crippen LogP contribution in [-0.4, -0.2) is 42.5 Å². The van der Waals surface area contributed by atoms with Crippen LogP contribution >= 0.6 is 23.8 Å². The molecule has 0 aliphatic rings. The number of rotatable bonds is 6. The number of thiocarbonyl (C=S) groups is 1. The Balaban J connectivity index is 2.46. The molecule has 1 aromatic heterocycles. The minimum atomic E-state index is 0.284. The predicted molar refractivity (Wildman–Crippen MR) is 74.3 cm³/mol. The molecule has 6 nitrogen and oxygen atoms in total. The first-order valence-electron chi connectivity index (χ1n) is 5.28. The highest BCUT2D eigenvalue weighted by molar-refractivity contribution is 7.80. The Bertz CT molecular complexity index is 405. The van der Waals surface area contributed by atoms with Crippen molar-refractivity contribution in [3.05, 3.63) is 11.2 Å². The SMILES string of the molecule is COCCCNC(=S)Nc1nc(Cl)cc(OC)n1. The lowest BCUT2D eigenvalue weighted by atomic mass is 10.4. The molecule has 8 heteroatoms. The van der Waals surface area contributed by atoms with E-state index in [1.54, 1.807) is 7.11 Å². The summed E-state index contributed by atoms with van der Waals surface area (Å²) in [6, 6.07) is 1.52. The molecule has 0 atom stereocenters. The van der Waals surface area contributed by atoms with Crippen LogP contribution in [0.5, 0.6) is 5.88 Å². The molecule has 2 N–H and O–H groups in total. The maximum atomic E-state index is 5.81. The van der Waals surface area contributed by atoms with E-state index in [2.05, 4.69) is 20.6 Å². The lowest BCUT2D eigenvalue weighted by Gasteiger charge is -2.09. The van der Waals surface area contributed by atoms with Crippen molar-refractivity contribution in [2.45, 2.75) is 6.42 Å². The highest BCUT2D eigenvalue weighted by atomic mass is 35.5. The van der Waals surface area contributed by atoms with E-state index in [4.69, 9.17) is 33.3 Å². The van der Waals surface area contributed by atoms with Crippen LogP contribution in [0.1, 0.15) is 6.42 Å². The van der Waals surface area contributed by atoms with E-state index in [1.807, 2.05) is 0 Å². The topological polar surface area (TPSA) is 68.3 Å². The second-order valence-electron chi connectivity index (χ2n) is 3.28. The Morgan fingerprint density at radius 1 is 1.44 bits per heavy atom. The van der Waals surface area contributed by atoms with E-state index in [9.17, 15) is 0 Å². The van der Waals surface area contributed by atoms with Crippen LogP contribution in [0.25, 0.3) is 0 Å². The molecule has 0 amide bonds. The van der Waals surface area contributed by atoms with Gasteiger partial charge in [-0.15, -0.1) is 0 Å². The summed E-state index contributed by atoms with van der Waals surface area (Å²) < 4.78 is 9.90. The van der Waals surface area contributed by atoms with Crippen molar-refractivity contribution in [2.24, 2.45) is 0 Å². The Kier molecular flexibility index (Phi) is 6.63. The van der Waals surface area contributed by atoms with Gasteiger partial charge in [0.05, 0.1) is 7.11 Å². The zero-order valence-electron chi connectivity index (χ0n) is 10.2. The van der Waals surface area contributed by atoms with E-state index in [1.165, 1.54) is 13.2 Å². The normalized spacial score (nSPS) is 9.94. The molecule has 0 bridgehead atoms. The first-order valence-corrected chi connectivity index (χ1v) is 6.06. The van der Waals surface area contributed by atoms with Gasteiger partial charge in [0.2, 0.25) is 11.8 Å². The second-order valence-corrected chi connectivity index (χ2v) is 4.08. The van der Waals surface area contributed by atoms with Crippen LogP contribution in [0.4, 0.5) is 5.95 Å². The fourth-order valence-electron chi connectivity index (χ4n) is 1.12. The molecule has 0 unspecified atom stereocenters. The summed E-state index contributed by atoms with van der Waals surface area (Å²) in [6.45, 7) is 1.38. The maximum absolute atomic E-state index is 5.81. The third-order valence-electron chi connectivity index (χ3n) is 1.92. The highest BCUT2D eigenvalue weighted by Gasteiger charge is 2.04. The molecule has 100 valence electrons. The van der Waals surface area contributed by atoms with Gasteiger partial charge in [0.1, 0.15) is 5.15 Å². The largest absolute Gasteiger partial charge is 0.481 e. The van der Waals surface area contributed by atoms with Crippen molar-refractivity contribution in [2.75, 3.05) is 32.7 Å². The van der Waals surface area contributed by atoms with E-state index >= 15 is 0 Å². The fourth-order valence-corrected chi connectivity index (χ4v) is 1.49. The molecule has 0 aliphatic carbocycles. The first kappa shape index (κ1) is 14.9. The number of methoxy groups -OCH3 is 2. The van der Waals surface area contributed by atoms with Gasteiger partial charge >= 0.3 is 0 Å². The Morgan fingerprint density at radius 2 is 2.22 bits per heavy atom. The van der Waals surface area contributed by atoms with Crippen molar-refractivity contribution in [3.8, 4) is 5.88 Å². The fraction of sp³-hybridized carbons (Fsp3) is 0.500. The molecule has 0 aliphatic heterocycles. The molecule has 1 heterocycles. The number of halogens is 1. The van der Waals surface area contributed by atoms with Crippen LogP contribution in [0.3, 0.4) is 0 Å². The van der Waals surface area contributed by atoms with Gasteiger partial charge in [-0.05, 0) is 18.6 Å². The molecule has 0 spiro atoms. The zero-order chi connectivity index (χ0) is 13.4. The van der Waals surface area contributed by atoms with Crippen molar-refractivity contribution >= 4 is 34.9 Å². The molecule has 0 fully saturated rings. The third kappa shape index (κ3) is 5.44. The summed E-state index contributed by atoms with van der Waals surface area (Å²) in [5.74, 6) is 0.670. The van der Waals surface area contributed by atoms with Gasteiger partial charge in [-0.1, -0.05) is 11.6 Å². The van der Waals surface area contributed by atoms with Crippen molar-refractivity contribution in [3.63, 3.8) is 0 Å². The summed E-state index contributed by atoms with van der Waals surface area (Å²) in [5.41, 5.74) is 0. The van der Waals surface area contributed by atoms with Crippen molar-refractivity contribution in [1.82, 2.24) is 15.3 Å². The minimum Gasteiger partial charge on any atom is -0.481 e. The summed E-state index contributed by atoms with van der Waals surface area (Å²) in [5, 5.41) is 6.54. The quantitative estimate of drug-likeness (QED) is 0.467. The Morgan fingerprint density at radius 3 is 2.89 bits per heavy atom. The van der Waals surface area contributed by atoms with Crippen LogP contribution in [-0.2, 0) is 4.74 Å². The molecule has 0 aromatic carbocycles. The number of hydrogen-bond donors (Lipinski definition) is 2. The van der Waals surface area contributed by atoms with Crippen LogP contribution in [0, 0.1) is 0 Å². The lowest BCUT2D eigenvalue weighted by Crippen LogP contribution is -2.30. The van der Waals surface area contributed by atoms with E-state index < -0.39 is 0 Å². The smallest absolute Gasteiger partial charge is 0.233 e. The number of anilines is 1. The van der Waals surface area contributed by atoms with E-state index in [0.717, 1.165) is 6.42 Å². The van der Waals surface area contributed by atoms with Gasteiger partial charge in [-0.2, -0.15) is 4.98 Å². The summed E-state index contributed by atoms with van der Waals surface area (Å²) in [7, 11) is 3.16. The number of ether oxygens (including phenoxy) is 2. The molecule has 1 rings (SSSR count). The monoisotopic (exact) mass is 290 g/mol. The number of hydrogen-bond acceptors (Lipinski definition) is 5. The zero-order valence-corrected chi connectivity index (χ0v) is 11.8. The molecule has 0 saturated carbocycles. The average Bonchev–Trinajstić information content (AvgIpc) is 2.34. The van der Waals surface area contributed by atoms with Crippen LogP contribution < -0.4 is 15.4 Å². The highest BCUT2D eigenvalue weighted by Crippen LogP contribution is 2.15. The number of aromatic nitrogens is 2. The Labute approximate surface area is 116 Å². The van der Waals surface area contributed by atoms with Gasteiger partial charge < -0.3 is 20.1 Å². The average molecular weight is 291 g/mol. The molecular weight excluding hydrogens is 276 g/mol. The Hall–Kier alpha value is -1.18. The molecular formula is C10H15ClN4O2S. The summed E-state index contributed by atoms with van der Waals surface area (Å²) in [6.07, 6.45) is 0.859. The van der Waals surface area contributed by atoms with Gasteiger partial charge in [0.25, 0.3) is 0 Å². The predicted octanol–water partition coefficient (Wildman–Crippen LogP) is 1.46. The molecule has 1 aromatic rings. The molecule has 0 radical (unpaired) electrons. The standard InChI is InChI=1S/C10H15ClN4O2S/c1-16-5-3-4-12-10(18)15-9-13-7(11)6-8(14-9)17-2/h6H,3-5H2,1-2H3,(H2,12,13,14,15,18). The van der Waals surface area contributed by atoms with Gasteiger partial charge in [0.15, 0.2) is 5.11 Å². The van der Waals surface area contributed by atoms with Crippen LogP contribution in [0.15, 0.2) is 6.07 Å². The van der Waals surface area contributed by atoms with Gasteiger partial charge in [-0.3, -0.25) is 0 Å². The molecule has 18 heavy (non-hydrogen) atoms. The third-order valence-corrected chi connectivity index (χ3v) is 2.36. The second kappa shape index (κ2) is 8.02. The van der Waals surface area contributed by atoms with Gasteiger partial charge in [-0.25, -0.2) is 4.98 Å². The van der Waals surface area contributed by atoms with Gasteiger partial charge in [0, 0.05) is 26.3 Å². The summed E-state index contributed by atoms with van der Waals surface area (Å²) in [4.78, 5) is 8.03. The van der Waals surface area contributed by atoms with Crippen LogP contribution in [0.2, 0.25) is 5.15 Å². The number of nitrogens with zero attached hydrogens (tertiary/aromatic N) is 2. The molecule has 0 saturated heterocycles. The lowest BCUT2D eigenvalue weighted by molar-refractivity contribution is 0.196. The van der Waals surface area contributed by atoms with Crippen molar-refractivity contribution < 1.29 is 9.47 Å². The number of nitrogens with one attached hydrogen (secondary N) is 2. The van der Waals surface area contributed by atoms with E-state index in [0.29, 0.717) is 30.1 Å². The first-order chi connectivity index (χ1) is 8.65. The van der Waals surface area contributed by atoms with E-state index in [-0.39, 0.29) is 5.15 Å².